The molecule has 2 heterocycles. The fraction of sp³-hybridized carbons (Fsp3) is 0.286. The molecule has 8 nitrogen and oxygen atoms in total. The summed E-state index contributed by atoms with van der Waals surface area (Å²) in [7, 11) is 1.85. The van der Waals surface area contributed by atoms with Crippen LogP contribution < -0.4 is 5.32 Å². The summed E-state index contributed by atoms with van der Waals surface area (Å²) < 4.78 is 1.68. The first-order valence-corrected chi connectivity index (χ1v) is 11.3. The summed E-state index contributed by atoms with van der Waals surface area (Å²) in [5.41, 5.74) is 3.95. The first kappa shape index (κ1) is 21.5. The first-order chi connectivity index (χ1) is 15.2. The maximum Gasteiger partial charge on any atom is 0.209 e. The Hall–Kier alpha value is -2.75. The Morgan fingerprint density at radius 1 is 1.06 bits per heavy atom. The van der Waals surface area contributed by atoms with E-state index in [-0.39, 0.29) is 0 Å². The molecule has 0 bridgehead atoms. The smallest absolute Gasteiger partial charge is 0.209 e. The Balaban J connectivity index is 1.38. The van der Waals surface area contributed by atoms with Gasteiger partial charge in [-0.2, -0.15) is 15.0 Å². The van der Waals surface area contributed by atoms with Crippen LogP contribution in [0, 0.1) is 0 Å². The number of hydrogen-bond donors (Lipinski definition) is 1. The number of thioether (sulfide) groups is 1. The van der Waals surface area contributed by atoms with E-state index in [4.69, 9.17) is 21.8 Å². The number of rotatable bonds is 10. The summed E-state index contributed by atoms with van der Waals surface area (Å²) in [5, 5.41) is 26.0. The Labute approximate surface area is 190 Å². The molecule has 160 valence electrons. The number of nitrogens with one attached hydrogen (secondary N) is 1. The molecule has 10 heteroatoms. The molecule has 4 aromatic rings. The van der Waals surface area contributed by atoms with Crippen molar-refractivity contribution in [3.63, 3.8) is 0 Å². The molecule has 31 heavy (non-hydrogen) atoms. The van der Waals surface area contributed by atoms with E-state index in [1.54, 1.807) is 21.2 Å². The van der Waals surface area contributed by atoms with Gasteiger partial charge >= 0.3 is 0 Å². The van der Waals surface area contributed by atoms with Gasteiger partial charge in [0.25, 0.3) is 0 Å². The van der Waals surface area contributed by atoms with E-state index in [0.717, 1.165) is 46.4 Å². The Kier molecular flexibility index (Phi) is 7.29. The molecular formula is C21H23ClN8S. The SMILES string of the molecule is Cn1nnnc1SCCCNCc1nn(Cc2cccc(Cl)c2)nc1-c1ccccc1. The van der Waals surface area contributed by atoms with Gasteiger partial charge in [0.2, 0.25) is 5.16 Å². The zero-order valence-electron chi connectivity index (χ0n) is 17.1. The second-order valence-corrected chi connectivity index (χ2v) is 8.48. The maximum atomic E-state index is 6.12. The molecule has 2 aromatic carbocycles. The highest BCUT2D eigenvalue weighted by atomic mass is 35.5. The van der Waals surface area contributed by atoms with Gasteiger partial charge in [0.05, 0.1) is 6.54 Å². The summed E-state index contributed by atoms with van der Waals surface area (Å²) in [6, 6.07) is 17.9. The minimum atomic E-state index is 0.572. The van der Waals surface area contributed by atoms with E-state index in [1.165, 1.54) is 0 Å². The predicted octanol–water partition coefficient (Wildman–Crippen LogP) is 3.44. The van der Waals surface area contributed by atoms with Crippen LogP contribution in [-0.4, -0.2) is 47.5 Å². The van der Waals surface area contributed by atoms with Crippen molar-refractivity contribution >= 4 is 23.4 Å². The number of nitrogens with zero attached hydrogens (tertiary/aromatic N) is 7. The van der Waals surface area contributed by atoms with Crippen molar-refractivity contribution in [2.45, 2.75) is 24.7 Å². The predicted molar refractivity (Wildman–Crippen MR) is 122 cm³/mol. The lowest BCUT2D eigenvalue weighted by atomic mass is 10.1. The number of hydrogen-bond acceptors (Lipinski definition) is 7. The standard InChI is InChI=1S/C21H23ClN8S/c1-29-21(24-27-28-29)31-12-6-11-23-14-19-20(17-8-3-2-4-9-17)26-30(25-19)15-16-7-5-10-18(22)13-16/h2-5,7-10,13,23H,6,11-12,14-15H2,1H3. The molecule has 2 aromatic heterocycles. The molecular weight excluding hydrogens is 432 g/mol. The molecule has 0 saturated carbocycles. The molecule has 0 amide bonds. The fourth-order valence-electron chi connectivity index (χ4n) is 3.10. The van der Waals surface area contributed by atoms with Crippen molar-refractivity contribution in [3.05, 3.63) is 70.9 Å². The summed E-state index contributed by atoms with van der Waals surface area (Å²) in [4.78, 5) is 1.74. The zero-order valence-corrected chi connectivity index (χ0v) is 18.7. The van der Waals surface area contributed by atoms with Gasteiger partial charge < -0.3 is 5.32 Å². The monoisotopic (exact) mass is 454 g/mol. The number of tetrazole rings is 1. The molecule has 1 N–H and O–H groups in total. The van der Waals surface area contributed by atoms with Crippen LogP contribution in [0.15, 0.2) is 59.8 Å². The van der Waals surface area contributed by atoms with Crippen LogP contribution in [0.1, 0.15) is 17.7 Å². The second-order valence-electron chi connectivity index (χ2n) is 6.99. The van der Waals surface area contributed by atoms with Crippen molar-refractivity contribution < 1.29 is 0 Å². The van der Waals surface area contributed by atoms with E-state index in [1.807, 2.05) is 49.5 Å². The second kappa shape index (κ2) is 10.5. The van der Waals surface area contributed by atoms with Crippen molar-refractivity contribution in [1.29, 1.82) is 0 Å². The van der Waals surface area contributed by atoms with Crippen LogP contribution in [0.5, 0.6) is 0 Å². The minimum Gasteiger partial charge on any atom is -0.311 e. The Morgan fingerprint density at radius 2 is 1.94 bits per heavy atom. The molecule has 0 spiro atoms. The molecule has 0 unspecified atom stereocenters. The van der Waals surface area contributed by atoms with Crippen LogP contribution in [0.2, 0.25) is 5.02 Å². The third-order valence-corrected chi connectivity index (χ3v) is 5.92. The largest absolute Gasteiger partial charge is 0.311 e. The van der Waals surface area contributed by atoms with Crippen LogP contribution >= 0.6 is 23.4 Å². The average molecular weight is 455 g/mol. The van der Waals surface area contributed by atoms with Gasteiger partial charge in [0.15, 0.2) is 0 Å². The highest BCUT2D eigenvalue weighted by Gasteiger charge is 2.13. The zero-order chi connectivity index (χ0) is 21.5. The number of aryl methyl sites for hydroxylation is 1. The number of halogens is 1. The van der Waals surface area contributed by atoms with E-state index in [2.05, 4.69) is 33.0 Å². The van der Waals surface area contributed by atoms with Gasteiger partial charge in [-0.3, -0.25) is 0 Å². The van der Waals surface area contributed by atoms with E-state index >= 15 is 0 Å². The summed E-state index contributed by atoms with van der Waals surface area (Å²) in [5.74, 6) is 0.939. The van der Waals surface area contributed by atoms with Crippen LogP contribution in [-0.2, 0) is 20.1 Å². The molecule has 0 fully saturated rings. The summed E-state index contributed by atoms with van der Waals surface area (Å²) >= 11 is 7.77. The maximum absolute atomic E-state index is 6.12. The van der Waals surface area contributed by atoms with Gasteiger partial charge in [-0.05, 0) is 41.1 Å². The molecule has 0 aliphatic rings. The molecule has 4 rings (SSSR count). The van der Waals surface area contributed by atoms with Gasteiger partial charge in [-0.15, -0.1) is 5.10 Å². The van der Waals surface area contributed by atoms with Gasteiger partial charge in [0, 0.05) is 29.9 Å². The quantitative estimate of drug-likeness (QED) is 0.290. The number of benzene rings is 2. The normalized spacial score (nSPS) is 11.2. The van der Waals surface area contributed by atoms with Gasteiger partial charge in [-0.1, -0.05) is 65.8 Å². The minimum absolute atomic E-state index is 0.572. The van der Waals surface area contributed by atoms with Crippen LogP contribution in [0.25, 0.3) is 11.3 Å². The van der Waals surface area contributed by atoms with Crippen LogP contribution in [0.4, 0.5) is 0 Å². The van der Waals surface area contributed by atoms with Crippen LogP contribution in [0.3, 0.4) is 0 Å². The third-order valence-electron chi connectivity index (χ3n) is 4.59. The molecule has 0 aliphatic heterocycles. The van der Waals surface area contributed by atoms with Crippen molar-refractivity contribution in [2.75, 3.05) is 12.3 Å². The Morgan fingerprint density at radius 3 is 2.71 bits per heavy atom. The van der Waals surface area contributed by atoms with Gasteiger partial charge in [-0.25, -0.2) is 4.68 Å². The Bertz CT molecular complexity index is 1110. The van der Waals surface area contributed by atoms with Crippen molar-refractivity contribution in [3.8, 4) is 11.3 Å². The lowest BCUT2D eigenvalue weighted by Crippen LogP contribution is -2.16. The lowest BCUT2D eigenvalue weighted by molar-refractivity contribution is 0.576. The topological polar surface area (TPSA) is 86.3 Å². The van der Waals surface area contributed by atoms with Crippen molar-refractivity contribution in [1.82, 2.24) is 40.5 Å². The molecule has 0 aliphatic carbocycles. The van der Waals surface area contributed by atoms with E-state index in [9.17, 15) is 0 Å². The number of aromatic nitrogens is 7. The first-order valence-electron chi connectivity index (χ1n) is 9.99. The lowest BCUT2D eigenvalue weighted by Gasteiger charge is -2.04. The average Bonchev–Trinajstić information content (AvgIpc) is 3.37. The molecule has 0 radical (unpaired) electrons. The van der Waals surface area contributed by atoms with Crippen molar-refractivity contribution in [2.24, 2.45) is 7.05 Å². The molecule has 0 atom stereocenters. The van der Waals surface area contributed by atoms with E-state index in [0.29, 0.717) is 18.1 Å². The highest BCUT2D eigenvalue weighted by molar-refractivity contribution is 7.99. The third kappa shape index (κ3) is 5.90. The highest BCUT2D eigenvalue weighted by Crippen LogP contribution is 2.21. The summed E-state index contributed by atoms with van der Waals surface area (Å²) in [6.45, 7) is 2.09. The fourth-order valence-corrected chi connectivity index (χ4v) is 4.10. The summed E-state index contributed by atoms with van der Waals surface area (Å²) in [6.07, 6.45) is 0.995. The van der Waals surface area contributed by atoms with E-state index < -0.39 is 0 Å². The van der Waals surface area contributed by atoms with Gasteiger partial charge in [0.1, 0.15) is 11.4 Å². The molecule has 0 saturated heterocycles.